The minimum atomic E-state index is -0.237. The SMILES string of the molecule is O=C1COc2ccc(C(=O)c3ccc(Br)c(Cl)c3)cc2N1. The van der Waals surface area contributed by atoms with E-state index in [1.54, 1.807) is 36.4 Å². The van der Waals surface area contributed by atoms with E-state index in [1.165, 1.54) is 0 Å². The Balaban J connectivity index is 1.96. The zero-order chi connectivity index (χ0) is 15.0. The number of anilines is 1. The highest BCUT2D eigenvalue weighted by molar-refractivity contribution is 9.10. The lowest BCUT2D eigenvalue weighted by Crippen LogP contribution is -2.25. The Labute approximate surface area is 134 Å². The van der Waals surface area contributed by atoms with E-state index in [2.05, 4.69) is 21.2 Å². The third kappa shape index (κ3) is 2.80. The van der Waals surface area contributed by atoms with Crippen LogP contribution in [0.4, 0.5) is 5.69 Å². The molecule has 0 bridgehead atoms. The molecule has 0 unspecified atom stereocenters. The first-order valence-corrected chi connectivity index (χ1v) is 7.28. The molecule has 0 aromatic heterocycles. The Bertz CT molecular complexity index is 761. The summed E-state index contributed by atoms with van der Waals surface area (Å²) in [7, 11) is 0. The van der Waals surface area contributed by atoms with E-state index in [-0.39, 0.29) is 18.3 Å². The zero-order valence-electron chi connectivity index (χ0n) is 10.7. The molecule has 0 saturated carbocycles. The Morgan fingerprint density at radius 3 is 2.67 bits per heavy atom. The highest BCUT2D eigenvalue weighted by Gasteiger charge is 2.18. The van der Waals surface area contributed by atoms with Gasteiger partial charge in [0.25, 0.3) is 5.91 Å². The van der Waals surface area contributed by atoms with Crippen molar-refractivity contribution in [1.29, 1.82) is 0 Å². The molecule has 2 aromatic carbocycles. The third-order valence-electron chi connectivity index (χ3n) is 3.06. The van der Waals surface area contributed by atoms with Gasteiger partial charge in [-0.05, 0) is 52.3 Å². The summed E-state index contributed by atoms with van der Waals surface area (Å²) in [5, 5.41) is 3.15. The predicted octanol–water partition coefficient (Wildman–Crippen LogP) is 3.66. The smallest absolute Gasteiger partial charge is 0.262 e. The molecule has 0 atom stereocenters. The molecule has 0 radical (unpaired) electrons. The van der Waals surface area contributed by atoms with Gasteiger partial charge >= 0.3 is 0 Å². The van der Waals surface area contributed by atoms with Crippen molar-refractivity contribution in [2.75, 3.05) is 11.9 Å². The lowest BCUT2D eigenvalue weighted by atomic mass is 10.0. The number of benzene rings is 2. The average molecular weight is 367 g/mol. The number of nitrogens with one attached hydrogen (secondary N) is 1. The van der Waals surface area contributed by atoms with Crippen LogP contribution in [0.15, 0.2) is 40.9 Å². The van der Waals surface area contributed by atoms with E-state index in [4.69, 9.17) is 16.3 Å². The van der Waals surface area contributed by atoms with E-state index in [9.17, 15) is 9.59 Å². The summed E-state index contributed by atoms with van der Waals surface area (Å²) in [6.45, 7) is -0.0113. The van der Waals surface area contributed by atoms with Crippen LogP contribution in [0.2, 0.25) is 5.02 Å². The Hall–Kier alpha value is -1.85. The van der Waals surface area contributed by atoms with Crippen molar-refractivity contribution in [3.05, 3.63) is 57.0 Å². The van der Waals surface area contributed by atoms with Crippen LogP contribution in [0.5, 0.6) is 5.75 Å². The summed E-state index contributed by atoms with van der Waals surface area (Å²) >= 11 is 9.29. The van der Waals surface area contributed by atoms with E-state index < -0.39 is 0 Å². The Kier molecular flexibility index (Phi) is 3.69. The number of hydrogen-bond acceptors (Lipinski definition) is 3. The van der Waals surface area contributed by atoms with Gasteiger partial charge in [-0.2, -0.15) is 0 Å². The van der Waals surface area contributed by atoms with Crippen molar-refractivity contribution in [2.45, 2.75) is 0 Å². The maximum atomic E-state index is 12.4. The fourth-order valence-electron chi connectivity index (χ4n) is 2.03. The molecule has 1 heterocycles. The van der Waals surface area contributed by atoms with Gasteiger partial charge in [0.05, 0.1) is 10.7 Å². The maximum Gasteiger partial charge on any atom is 0.262 e. The fourth-order valence-corrected chi connectivity index (χ4v) is 2.46. The third-order valence-corrected chi connectivity index (χ3v) is 4.29. The van der Waals surface area contributed by atoms with Gasteiger partial charge in [0.2, 0.25) is 0 Å². The standard InChI is InChI=1S/C15H9BrClNO3/c16-10-3-1-8(5-11(10)17)15(20)9-2-4-13-12(6-9)18-14(19)7-21-13/h1-6H,7H2,(H,18,19). The number of carbonyl (C=O) groups is 2. The maximum absolute atomic E-state index is 12.4. The van der Waals surface area contributed by atoms with Gasteiger partial charge in [-0.1, -0.05) is 11.6 Å². The lowest BCUT2D eigenvalue weighted by Gasteiger charge is -2.18. The number of amides is 1. The molecular formula is C15H9BrClNO3. The van der Waals surface area contributed by atoms with Crippen molar-refractivity contribution in [3.8, 4) is 5.75 Å². The quantitative estimate of drug-likeness (QED) is 0.825. The largest absolute Gasteiger partial charge is 0.482 e. The number of hydrogen-bond donors (Lipinski definition) is 1. The van der Waals surface area contributed by atoms with Gasteiger partial charge in [0.1, 0.15) is 5.75 Å². The lowest BCUT2D eigenvalue weighted by molar-refractivity contribution is -0.118. The number of ether oxygens (including phenoxy) is 1. The van der Waals surface area contributed by atoms with Gasteiger partial charge in [-0.25, -0.2) is 0 Å². The highest BCUT2D eigenvalue weighted by atomic mass is 79.9. The zero-order valence-corrected chi connectivity index (χ0v) is 13.0. The Morgan fingerprint density at radius 1 is 1.19 bits per heavy atom. The number of halogens is 2. The van der Waals surface area contributed by atoms with Crippen molar-refractivity contribution < 1.29 is 14.3 Å². The molecule has 0 aliphatic carbocycles. The van der Waals surface area contributed by atoms with Crippen LogP contribution in [-0.2, 0) is 4.79 Å². The van der Waals surface area contributed by atoms with Crippen LogP contribution in [0.25, 0.3) is 0 Å². The number of carbonyl (C=O) groups excluding carboxylic acids is 2. The van der Waals surface area contributed by atoms with Gasteiger partial charge in [-0.15, -0.1) is 0 Å². The molecule has 1 amide bonds. The first-order chi connectivity index (χ1) is 10.0. The van der Waals surface area contributed by atoms with Crippen LogP contribution in [0, 0.1) is 0 Å². The fraction of sp³-hybridized carbons (Fsp3) is 0.0667. The first-order valence-electron chi connectivity index (χ1n) is 6.11. The molecule has 0 saturated heterocycles. The number of rotatable bonds is 2. The molecular weight excluding hydrogens is 358 g/mol. The van der Waals surface area contributed by atoms with Gasteiger partial charge in [0, 0.05) is 15.6 Å². The average Bonchev–Trinajstić information content (AvgIpc) is 2.48. The Morgan fingerprint density at radius 2 is 1.90 bits per heavy atom. The topological polar surface area (TPSA) is 55.4 Å². The van der Waals surface area contributed by atoms with Crippen LogP contribution in [0.1, 0.15) is 15.9 Å². The van der Waals surface area contributed by atoms with Crippen LogP contribution >= 0.6 is 27.5 Å². The van der Waals surface area contributed by atoms with Crippen molar-refractivity contribution in [3.63, 3.8) is 0 Å². The summed E-state index contributed by atoms with van der Waals surface area (Å²) in [4.78, 5) is 23.8. The summed E-state index contributed by atoms with van der Waals surface area (Å²) in [5.74, 6) is 0.144. The van der Waals surface area contributed by atoms with E-state index in [1.807, 2.05) is 0 Å². The molecule has 1 aliphatic rings. The summed E-state index contributed by atoms with van der Waals surface area (Å²) < 4.78 is 5.99. The van der Waals surface area contributed by atoms with E-state index in [0.29, 0.717) is 27.6 Å². The minimum Gasteiger partial charge on any atom is -0.482 e. The summed E-state index contributed by atoms with van der Waals surface area (Å²) in [6, 6.07) is 9.94. The minimum absolute atomic E-state index is 0.0113. The highest BCUT2D eigenvalue weighted by Crippen LogP contribution is 2.30. The molecule has 106 valence electrons. The second-order valence-corrected chi connectivity index (χ2v) is 5.77. The van der Waals surface area contributed by atoms with Crippen molar-refractivity contribution in [2.24, 2.45) is 0 Å². The molecule has 0 fully saturated rings. The first kappa shape index (κ1) is 14.1. The molecule has 1 aliphatic heterocycles. The normalized spacial score (nSPS) is 13.1. The molecule has 2 aromatic rings. The van der Waals surface area contributed by atoms with Gasteiger partial charge in [-0.3, -0.25) is 9.59 Å². The molecule has 21 heavy (non-hydrogen) atoms. The van der Waals surface area contributed by atoms with Crippen molar-refractivity contribution in [1.82, 2.24) is 0 Å². The number of ketones is 1. The van der Waals surface area contributed by atoms with Gasteiger partial charge in [0.15, 0.2) is 12.4 Å². The molecule has 1 N–H and O–H groups in total. The molecule has 4 nitrogen and oxygen atoms in total. The molecule has 0 spiro atoms. The molecule has 3 rings (SSSR count). The summed E-state index contributed by atoms with van der Waals surface area (Å²) in [6.07, 6.45) is 0. The monoisotopic (exact) mass is 365 g/mol. The van der Waals surface area contributed by atoms with E-state index >= 15 is 0 Å². The van der Waals surface area contributed by atoms with E-state index in [0.717, 1.165) is 4.47 Å². The number of fused-ring (bicyclic) bond motifs is 1. The van der Waals surface area contributed by atoms with Crippen LogP contribution in [0.3, 0.4) is 0 Å². The van der Waals surface area contributed by atoms with Crippen LogP contribution < -0.4 is 10.1 Å². The predicted molar refractivity (Wildman–Crippen MR) is 83.2 cm³/mol. The van der Waals surface area contributed by atoms with Crippen LogP contribution in [-0.4, -0.2) is 18.3 Å². The second kappa shape index (κ2) is 5.50. The van der Waals surface area contributed by atoms with Gasteiger partial charge < -0.3 is 10.1 Å². The second-order valence-electron chi connectivity index (χ2n) is 4.51. The summed E-state index contributed by atoms with van der Waals surface area (Å²) in [5.41, 5.74) is 1.43. The van der Waals surface area contributed by atoms with Crippen molar-refractivity contribution >= 4 is 44.9 Å². The molecule has 6 heteroatoms.